The van der Waals surface area contributed by atoms with E-state index in [-0.39, 0.29) is 17.9 Å². The monoisotopic (exact) mass is 345 g/mol. The molecule has 0 aliphatic carbocycles. The summed E-state index contributed by atoms with van der Waals surface area (Å²) >= 11 is 0. The van der Waals surface area contributed by atoms with Gasteiger partial charge in [-0.05, 0) is 18.1 Å². The van der Waals surface area contributed by atoms with Gasteiger partial charge in [0, 0.05) is 45.6 Å². The van der Waals surface area contributed by atoms with Gasteiger partial charge < -0.3 is 15.0 Å². The van der Waals surface area contributed by atoms with Crippen LogP contribution in [0.4, 0.5) is 0 Å². The molecular formula is C19H27N3O3. The van der Waals surface area contributed by atoms with Crippen molar-refractivity contribution < 1.29 is 14.3 Å². The van der Waals surface area contributed by atoms with E-state index >= 15 is 0 Å². The summed E-state index contributed by atoms with van der Waals surface area (Å²) in [5.74, 6) is -0.124. The van der Waals surface area contributed by atoms with Crippen molar-refractivity contribution >= 4 is 11.8 Å². The molecule has 2 atom stereocenters. The third kappa shape index (κ3) is 4.38. The molecule has 0 unspecified atom stereocenters. The molecule has 0 bridgehead atoms. The van der Waals surface area contributed by atoms with Crippen molar-refractivity contribution in [3.05, 3.63) is 35.4 Å². The van der Waals surface area contributed by atoms with E-state index in [0.717, 1.165) is 44.0 Å². The summed E-state index contributed by atoms with van der Waals surface area (Å²) in [6.07, 6.45) is 0.575. The minimum atomic E-state index is -0.431. The van der Waals surface area contributed by atoms with Gasteiger partial charge in [-0.25, -0.2) is 0 Å². The molecule has 136 valence electrons. The topological polar surface area (TPSA) is 61.9 Å². The zero-order chi connectivity index (χ0) is 17.8. The van der Waals surface area contributed by atoms with Crippen molar-refractivity contribution in [3.8, 4) is 0 Å². The van der Waals surface area contributed by atoms with Crippen molar-refractivity contribution in [2.45, 2.75) is 38.9 Å². The molecule has 6 heteroatoms. The maximum Gasteiger partial charge on any atom is 0.243 e. The van der Waals surface area contributed by atoms with Gasteiger partial charge in [0.05, 0.1) is 13.2 Å². The second kappa shape index (κ2) is 7.97. The standard InChI is InChI=1S/C19H27N3O3/c1-14(12-21-7-9-25-10-8-21)20-19(24)18-11-16-5-3-4-6-17(16)13-22(18)15(2)23/h3-6,14,18H,7-13H2,1-2H3,(H,20,24)/t14-,18-/m0/s1. The first kappa shape index (κ1) is 17.9. The van der Waals surface area contributed by atoms with Crippen LogP contribution in [0.15, 0.2) is 24.3 Å². The van der Waals surface area contributed by atoms with Crippen LogP contribution >= 0.6 is 0 Å². The summed E-state index contributed by atoms with van der Waals surface area (Å²) in [5.41, 5.74) is 2.28. The summed E-state index contributed by atoms with van der Waals surface area (Å²) in [6.45, 7) is 8.15. The number of fused-ring (bicyclic) bond motifs is 1. The fourth-order valence-electron chi connectivity index (χ4n) is 3.64. The molecule has 1 aromatic rings. The summed E-state index contributed by atoms with van der Waals surface area (Å²) in [7, 11) is 0. The summed E-state index contributed by atoms with van der Waals surface area (Å²) in [5, 5.41) is 3.10. The molecule has 1 N–H and O–H groups in total. The molecule has 1 saturated heterocycles. The number of nitrogens with one attached hydrogen (secondary N) is 1. The second-order valence-corrected chi connectivity index (χ2v) is 6.96. The zero-order valence-electron chi connectivity index (χ0n) is 15.0. The SMILES string of the molecule is CC(=O)N1Cc2ccccc2C[C@H]1C(=O)N[C@@H](C)CN1CCOCC1. The van der Waals surface area contributed by atoms with Gasteiger partial charge in [0.2, 0.25) is 11.8 Å². The third-order valence-corrected chi connectivity index (χ3v) is 4.98. The van der Waals surface area contributed by atoms with Crippen LogP contribution in [0, 0.1) is 0 Å². The number of nitrogens with zero attached hydrogens (tertiary/aromatic N) is 2. The lowest BCUT2D eigenvalue weighted by molar-refractivity contribution is -0.140. The van der Waals surface area contributed by atoms with Gasteiger partial charge >= 0.3 is 0 Å². The van der Waals surface area contributed by atoms with Crippen molar-refractivity contribution in [3.63, 3.8) is 0 Å². The third-order valence-electron chi connectivity index (χ3n) is 4.98. The molecule has 2 aliphatic heterocycles. The Balaban J connectivity index is 1.64. The van der Waals surface area contributed by atoms with Gasteiger partial charge in [0.1, 0.15) is 6.04 Å². The maximum absolute atomic E-state index is 12.8. The molecule has 3 rings (SSSR count). The fraction of sp³-hybridized carbons (Fsp3) is 0.579. The largest absolute Gasteiger partial charge is 0.379 e. The predicted molar refractivity (Wildman–Crippen MR) is 95.0 cm³/mol. The lowest BCUT2D eigenvalue weighted by Crippen LogP contribution is -2.55. The van der Waals surface area contributed by atoms with Crippen LogP contribution in [0.5, 0.6) is 0 Å². The van der Waals surface area contributed by atoms with Crippen LogP contribution in [-0.2, 0) is 27.3 Å². The van der Waals surface area contributed by atoms with Crippen LogP contribution in [0.1, 0.15) is 25.0 Å². The molecule has 1 fully saturated rings. The summed E-state index contributed by atoms with van der Waals surface area (Å²) in [4.78, 5) is 28.9. The number of rotatable bonds is 4. The Morgan fingerprint density at radius 1 is 1.24 bits per heavy atom. The van der Waals surface area contributed by atoms with Crippen LogP contribution < -0.4 is 5.32 Å². The van der Waals surface area contributed by atoms with Crippen LogP contribution in [0.3, 0.4) is 0 Å². The van der Waals surface area contributed by atoms with E-state index in [4.69, 9.17) is 4.74 Å². The molecule has 2 aliphatic rings. The van der Waals surface area contributed by atoms with Gasteiger partial charge in [0.15, 0.2) is 0 Å². The number of ether oxygens (including phenoxy) is 1. The minimum absolute atomic E-state index is 0.0385. The van der Waals surface area contributed by atoms with Gasteiger partial charge in [-0.15, -0.1) is 0 Å². The normalized spacial score (nSPS) is 22.2. The van der Waals surface area contributed by atoms with E-state index in [1.807, 2.05) is 31.2 Å². The number of hydrogen-bond acceptors (Lipinski definition) is 4. The number of benzene rings is 1. The van der Waals surface area contributed by atoms with E-state index in [1.54, 1.807) is 4.90 Å². The van der Waals surface area contributed by atoms with Crippen molar-refractivity contribution in [1.29, 1.82) is 0 Å². The highest BCUT2D eigenvalue weighted by Crippen LogP contribution is 2.23. The highest BCUT2D eigenvalue weighted by molar-refractivity contribution is 5.88. The maximum atomic E-state index is 12.8. The lowest BCUT2D eigenvalue weighted by atomic mass is 9.93. The van der Waals surface area contributed by atoms with E-state index in [9.17, 15) is 9.59 Å². The minimum Gasteiger partial charge on any atom is -0.379 e. The molecule has 0 spiro atoms. The van der Waals surface area contributed by atoms with Crippen molar-refractivity contribution in [2.24, 2.45) is 0 Å². The molecule has 0 aromatic heterocycles. The molecule has 0 radical (unpaired) electrons. The molecule has 2 amide bonds. The van der Waals surface area contributed by atoms with Gasteiger partial charge in [-0.1, -0.05) is 24.3 Å². The number of carbonyl (C=O) groups is 2. The Hall–Kier alpha value is -1.92. The van der Waals surface area contributed by atoms with E-state index in [1.165, 1.54) is 6.92 Å². The first-order chi connectivity index (χ1) is 12.0. The number of morpholine rings is 1. The Kier molecular flexibility index (Phi) is 5.71. The predicted octanol–water partition coefficient (Wildman–Crippen LogP) is 0.797. The highest BCUT2D eigenvalue weighted by atomic mass is 16.5. The molecule has 25 heavy (non-hydrogen) atoms. The van der Waals surface area contributed by atoms with Gasteiger partial charge in [-0.3, -0.25) is 14.5 Å². The Labute approximate surface area is 149 Å². The molecule has 2 heterocycles. The fourth-order valence-corrected chi connectivity index (χ4v) is 3.64. The average molecular weight is 345 g/mol. The Morgan fingerprint density at radius 3 is 2.60 bits per heavy atom. The number of amides is 2. The van der Waals surface area contributed by atoms with Crippen LogP contribution in [0.25, 0.3) is 0 Å². The molecule has 1 aromatic carbocycles. The molecule has 6 nitrogen and oxygen atoms in total. The zero-order valence-corrected chi connectivity index (χ0v) is 15.0. The van der Waals surface area contributed by atoms with E-state index in [0.29, 0.717) is 13.0 Å². The molecule has 0 saturated carbocycles. The summed E-state index contributed by atoms with van der Waals surface area (Å²) in [6, 6.07) is 7.64. The average Bonchev–Trinajstić information content (AvgIpc) is 2.61. The first-order valence-electron chi connectivity index (χ1n) is 8.99. The second-order valence-electron chi connectivity index (χ2n) is 6.96. The first-order valence-corrected chi connectivity index (χ1v) is 8.99. The van der Waals surface area contributed by atoms with Crippen LogP contribution in [0.2, 0.25) is 0 Å². The highest BCUT2D eigenvalue weighted by Gasteiger charge is 2.33. The van der Waals surface area contributed by atoms with Crippen LogP contribution in [-0.4, -0.2) is 66.5 Å². The Bertz CT molecular complexity index is 628. The number of hydrogen-bond donors (Lipinski definition) is 1. The lowest BCUT2D eigenvalue weighted by Gasteiger charge is -2.36. The van der Waals surface area contributed by atoms with Crippen molar-refractivity contribution in [2.75, 3.05) is 32.8 Å². The quantitative estimate of drug-likeness (QED) is 0.877. The van der Waals surface area contributed by atoms with E-state index < -0.39 is 6.04 Å². The van der Waals surface area contributed by atoms with E-state index in [2.05, 4.69) is 10.2 Å². The Morgan fingerprint density at radius 2 is 1.92 bits per heavy atom. The smallest absolute Gasteiger partial charge is 0.243 e. The molecular weight excluding hydrogens is 318 g/mol. The van der Waals surface area contributed by atoms with Crippen molar-refractivity contribution in [1.82, 2.24) is 15.1 Å². The van der Waals surface area contributed by atoms with Gasteiger partial charge in [-0.2, -0.15) is 0 Å². The summed E-state index contributed by atoms with van der Waals surface area (Å²) < 4.78 is 5.36. The van der Waals surface area contributed by atoms with Gasteiger partial charge in [0.25, 0.3) is 0 Å². The number of carbonyl (C=O) groups excluding carboxylic acids is 2.